The van der Waals surface area contributed by atoms with Gasteiger partial charge in [0.05, 0.1) is 0 Å². The van der Waals surface area contributed by atoms with Gasteiger partial charge in [-0.25, -0.2) is 0 Å². The van der Waals surface area contributed by atoms with Crippen molar-refractivity contribution in [1.29, 1.82) is 0 Å². The Morgan fingerprint density at radius 2 is 1.96 bits per heavy atom. The van der Waals surface area contributed by atoms with Crippen molar-refractivity contribution in [1.82, 2.24) is 4.57 Å². The summed E-state index contributed by atoms with van der Waals surface area (Å²) in [6.07, 6.45) is 1.46. The highest BCUT2D eigenvalue weighted by Crippen LogP contribution is 2.37. The Kier molecular flexibility index (Phi) is 3.63. The Morgan fingerprint density at radius 3 is 2.65 bits per heavy atom. The Balaban J connectivity index is 2.11. The van der Waals surface area contributed by atoms with Crippen LogP contribution in [0.4, 0.5) is 5.69 Å². The van der Waals surface area contributed by atoms with E-state index in [0.29, 0.717) is 6.42 Å². The zero-order chi connectivity index (χ0) is 16.8. The van der Waals surface area contributed by atoms with Crippen LogP contribution in [0.1, 0.15) is 48.9 Å². The normalized spacial score (nSPS) is 16.1. The lowest BCUT2D eigenvalue weighted by molar-refractivity contribution is -0.114. The van der Waals surface area contributed by atoms with Crippen LogP contribution in [0.3, 0.4) is 0 Å². The van der Waals surface area contributed by atoms with Crippen molar-refractivity contribution < 1.29 is 9.59 Å². The summed E-state index contributed by atoms with van der Waals surface area (Å²) in [5, 5.41) is 2.81. The van der Waals surface area contributed by atoms with Gasteiger partial charge in [0.15, 0.2) is 5.78 Å². The molecule has 0 radical (unpaired) electrons. The lowest BCUT2D eigenvalue weighted by Gasteiger charge is -2.30. The molecule has 2 aromatic rings. The lowest BCUT2D eigenvalue weighted by Crippen LogP contribution is -2.27. The number of benzene rings is 1. The molecule has 4 nitrogen and oxygen atoms in total. The predicted octanol–water partition coefficient (Wildman–Crippen LogP) is 3.90. The minimum Gasteiger partial charge on any atom is -0.326 e. The molecule has 120 valence electrons. The van der Waals surface area contributed by atoms with Gasteiger partial charge in [-0.15, -0.1) is 0 Å². The first kappa shape index (κ1) is 15.5. The zero-order valence-corrected chi connectivity index (χ0v) is 14.1. The summed E-state index contributed by atoms with van der Waals surface area (Å²) in [6.45, 7) is 7.78. The lowest BCUT2D eigenvalue weighted by atomic mass is 9.76. The number of amides is 1. The predicted molar refractivity (Wildman–Crippen MR) is 91.2 cm³/mol. The molecule has 4 heteroatoms. The largest absolute Gasteiger partial charge is 0.326 e. The number of aryl methyl sites for hydroxylation is 1. The van der Waals surface area contributed by atoms with Crippen molar-refractivity contribution in [3.63, 3.8) is 0 Å². The second-order valence-electron chi connectivity index (χ2n) is 7.15. The van der Waals surface area contributed by atoms with Crippen molar-refractivity contribution in [2.24, 2.45) is 5.41 Å². The van der Waals surface area contributed by atoms with E-state index >= 15 is 0 Å². The molecule has 0 unspecified atom stereocenters. The summed E-state index contributed by atoms with van der Waals surface area (Å²) in [7, 11) is 0. The first-order chi connectivity index (χ1) is 10.8. The van der Waals surface area contributed by atoms with E-state index in [1.807, 2.05) is 37.3 Å². The van der Waals surface area contributed by atoms with Crippen LogP contribution >= 0.6 is 0 Å². The van der Waals surface area contributed by atoms with Crippen LogP contribution in [0.25, 0.3) is 5.69 Å². The fourth-order valence-corrected chi connectivity index (χ4v) is 3.44. The van der Waals surface area contributed by atoms with E-state index in [2.05, 4.69) is 23.7 Å². The van der Waals surface area contributed by atoms with Gasteiger partial charge >= 0.3 is 0 Å². The third-order valence-electron chi connectivity index (χ3n) is 4.30. The van der Waals surface area contributed by atoms with Crippen LogP contribution in [0.15, 0.2) is 30.3 Å². The molecule has 1 heterocycles. The highest BCUT2D eigenvalue weighted by Gasteiger charge is 2.34. The van der Waals surface area contributed by atoms with Crippen molar-refractivity contribution in [2.75, 3.05) is 5.32 Å². The number of anilines is 1. The van der Waals surface area contributed by atoms with Gasteiger partial charge in [-0.3, -0.25) is 9.59 Å². The van der Waals surface area contributed by atoms with Crippen LogP contribution in [-0.2, 0) is 11.2 Å². The molecule has 0 atom stereocenters. The summed E-state index contributed by atoms with van der Waals surface area (Å²) in [5.41, 5.74) is 4.66. The van der Waals surface area contributed by atoms with Crippen molar-refractivity contribution in [3.8, 4) is 5.69 Å². The van der Waals surface area contributed by atoms with Gasteiger partial charge in [-0.1, -0.05) is 19.9 Å². The zero-order valence-electron chi connectivity index (χ0n) is 14.1. The van der Waals surface area contributed by atoms with Crippen LogP contribution in [0.2, 0.25) is 0 Å². The number of carbonyl (C=O) groups is 2. The van der Waals surface area contributed by atoms with Gasteiger partial charge in [-0.2, -0.15) is 0 Å². The fourth-order valence-electron chi connectivity index (χ4n) is 3.44. The Morgan fingerprint density at radius 1 is 1.22 bits per heavy atom. The molecule has 0 saturated heterocycles. The summed E-state index contributed by atoms with van der Waals surface area (Å²) in [6, 6.07) is 9.72. The summed E-state index contributed by atoms with van der Waals surface area (Å²) >= 11 is 0. The third-order valence-corrected chi connectivity index (χ3v) is 4.30. The molecule has 1 aliphatic rings. The first-order valence-corrected chi connectivity index (χ1v) is 7.89. The molecule has 0 spiro atoms. The molecule has 3 rings (SSSR count). The molecular formula is C19H22N2O2. The number of nitrogens with zero attached hydrogens (tertiary/aromatic N) is 1. The first-order valence-electron chi connectivity index (χ1n) is 7.89. The van der Waals surface area contributed by atoms with Crippen LogP contribution in [0.5, 0.6) is 0 Å². The van der Waals surface area contributed by atoms with E-state index in [-0.39, 0.29) is 17.1 Å². The maximum Gasteiger partial charge on any atom is 0.221 e. The van der Waals surface area contributed by atoms with E-state index < -0.39 is 0 Å². The summed E-state index contributed by atoms with van der Waals surface area (Å²) < 4.78 is 2.14. The number of ketones is 1. The summed E-state index contributed by atoms with van der Waals surface area (Å²) in [4.78, 5) is 23.7. The Labute approximate surface area is 136 Å². The smallest absolute Gasteiger partial charge is 0.221 e. The Bertz CT molecular complexity index is 800. The minimum atomic E-state index is -0.0929. The molecule has 1 aromatic carbocycles. The van der Waals surface area contributed by atoms with Gasteiger partial charge in [0, 0.05) is 41.7 Å². The van der Waals surface area contributed by atoms with Gasteiger partial charge in [0.2, 0.25) is 5.91 Å². The number of nitrogens with one attached hydrogen (secondary N) is 1. The number of fused-ring (bicyclic) bond motifs is 1. The van der Waals surface area contributed by atoms with Crippen molar-refractivity contribution >= 4 is 17.4 Å². The van der Waals surface area contributed by atoms with Gasteiger partial charge < -0.3 is 9.88 Å². The highest BCUT2D eigenvalue weighted by atomic mass is 16.1. The number of hydrogen-bond acceptors (Lipinski definition) is 2. The number of rotatable bonds is 2. The molecule has 1 aliphatic carbocycles. The molecule has 1 aromatic heterocycles. The van der Waals surface area contributed by atoms with Gasteiger partial charge in [0.25, 0.3) is 0 Å². The monoisotopic (exact) mass is 310 g/mol. The van der Waals surface area contributed by atoms with E-state index in [0.717, 1.165) is 34.7 Å². The quantitative estimate of drug-likeness (QED) is 0.914. The topological polar surface area (TPSA) is 51.1 Å². The molecule has 23 heavy (non-hydrogen) atoms. The second-order valence-corrected chi connectivity index (χ2v) is 7.15. The number of hydrogen-bond donors (Lipinski definition) is 1. The average Bonchev–Trinajstić information content (AvgIpc) is 2.73. The molecule has 0 saturated carbocycles. The van der Waals surface area contributed by atoms with Crippen LogP contribution < -0.4 is 5.32 Å². The standard InChI is InChI=1S/C19H22N2O2/c1-12-8-16-17(10-19(3,4)11-18(16)23)21(12)15-7-5-6-14(9-15)20-13(2)22/h5-9H,10-11H2,1-4H3,(H,20,22). The van der Waals surface area contributed by atoms with E-state index in [1.54, 1.807) is 0 Å². The molecule has 1 amide bonds. The van der Waals surface area contributed by atoms with Gasteiger partial charge in [-0.05, 0) is 43.0 Å². The van der Waals surface area contributed by atoms with E-state index in [9.17, 15) is 9.59 Å². The minimum absolute atomic E-state index is 0.0259. The van der Waals surface area contributed by atoms with E-state index in [4.69, 9.17) is 0 Å². The van der Waals surface area contributed by atoms with E-state index in [1.165, 1.54) is 6.92 Å². The molecule has 0 bridgehead atoms. The molecule has 1 N–H and O–H groups in total. The number of carbonyl (C=O) groups excluding carboxylic acids is 2. The molecular weight excluding hydrogens is 288 g/mol. The summed E-state index contributed by atoms with van der Waals surface area (Å²) in [5.74, 6) is 0.126. The average molecular weight is 310 g/mol. The molecule has 0 fully saturated rings. The Hall–Kier alpha value is -2.36. The highest BCUT2D eigenvalue weighted by molar-refractivity contribution is 5.99. The SMILES string of the molecule is CC(=O)Nc1cccc(-n2c(C)cc3c2CC(C)(C)CC3=O)c1. The number of aromatic nitrogens is 1. The molecule has 0 aliphatic heterocycles. The maximum absolute atomic E-state index is 12.4. The van der Waals surface area contributed by atoms with Crippen molar-refractivity contribution in [2.45, 2.75) is 40.5 Å². The van der Waals surface area contributed by atoms with Crippen LogP contribution in [-0.4, -0.2) is 16.3 Å². The number of Topliss-reactive ketones (excluding diaryl/α,β-unsaturated/α-hetero) is 1. The third kappa shape index (κ3) is 2.93. The maximum atomic E-state index is 12.4. The van der Waals surface area contributed by atoms with Crippen molar-refractivity contribution in [3.05, 3.63) is 47.3 Å². The fraction of sp³-hybridized carbons (Fsp3) is 0.368. The second kappa shape index (κ2) is 5.37. The van der Waals surface area contributed by atoms with Crippen LogP contribution in [0, 0.1) is 12.3 Å². The van der Waals surface area contributed by atoms with Gasteiger partial charge in [0.1, 0.15) is 0 Å².